The Morgan fingerprint density at radius 3 is 2.84 bits per heavy atom. The zero-order valence-corrected chi connectivity index (χ0v) is 11.4. The summed E-state index contributed by atoms with van der Waals surface area (Å²) in [6.45, 7) is 2.78. The van der Waals surface area contributed by atoms with Crippen molar-refractivity contribution in [3.8, 4) is 0 Å². The van der Waals surface area contributed by atoms with E-state index < -0.39 is 0 Å². The summed E-state index contributed by atoms with van der Waals surface area (Å²) < 4.78 is 1.98. The Labute approximate surface area is 116 Å². The number of nitrogens with zero attached hydrogens (tertiary/aromatic N) is 2. The van der Waals surface area contributed by atoms with Gasteiger partial charge in [0, 0.05) is 5.02 Å². The minimum absolute atomic E-state index is 0.513. The highest BCUT2D eigenvalue weighted by Crippen LogP contribution is 2.23. The van der Waals surface area contributed by atoms with E-state index in [1.54, 1.807) is 0 Å². The van der Waals surface area contributed by atoms with Crippen LogP contribution < -0.4 is 5.73 Å². The average molecular weight is 272 g/mol. The summed E-state index contributed by atoms with van der Waals surface area (Å²) in [6.07, 6.45) is 0. The fourth-order valence-corrected chi connectivity index (χ4v) is 2.44. The molecular formula is C15H14ClN3. The summed E-state index contributed by atoms with van der Waals surface area (Å²) in [5, 5.41) is 0.692. The second-order valence-corrected chi connectivity index (χ2v) is 5.11. The van der Waals surface area contributed by atoms with Gasteiger partial charge in [0.2, 0.25) is 5.95 Å². The molecule has 0 aliphatic heterocycles. The predicted octanol–water partition coefficient (Wildman–Crippen LogP) is 3.63. The van der Waals surface area contributed by atoms with Gasteiger partial charge in [-0.15, -0.1) is 0 Å². The lowest BCUT2D eigenvalue weighted by atomic mass is 10.1. The van der Waals surface area contributed by atoms with Crippen LogP contribution in [0.15, 0.2) is 42.5 Å². The molecule has 3 rings (SSSR count). The van der Waals surface area contributed by atoms with Gasteiger partial charge in [0.05, 0.1) is 17.6 Å². The van der Waals surface area contributed by atoms with Crippen molar-refractivity contribution >= 4 is 28.6 Å². The second-order valence-electron chi connectivity index (χ2n) is 4.68. The monoisotopic (exact) mass is 271 g/mol. The van der Waals surface area contributed by atoms with E-state index >= 15 is 0 Å². The molecule has 3 nitrogen and oxygen atoms in total. The summed E-state index contributed by atoms with van der Waals surface area (Å²) in [5.74, 6) is 0.513. The molecule has 2 N–H and O–H groups in total. The first-order valence-corrected chi connectivity index (χ1v) is 6.48. The quantitative estimate of drug-likeness (QED) is 0.773. The molecule has 0 aliphatic rings. The number of benzene rings is 2. The van der Waals surface area contributed by atoms with Crippen LogP contribution in [0, 0.1) is 6.92 Å². The highest BCUT2D eigenvalue weighted by Gasteiger charge is 2.09. The molecule has 0 saturated heterocycles. The van der Waals surface area contributed by atoms with Gasteiger partial charge in [-0.05, 0) is 30.7 Å². The van der Waals surface area contributed by atoms with Crippen molar-refractivity contribution in [2.75, 3.05) is 5.73 Å². The average Bonchev–Trinajstić information content (AvgIpc) is 2.66. The highest BCUT2D eigenvalue weighted by molar-refractivity contribution is 6.31. The maximum absolute atomic E-state index is 6.05. The van der Waals surface area contributed by atoms with Crippen LogP contribution in [0.1, 0.15) is 11.1 Å². The number of fused-ring (bicyclic) bond motifs is 1. The number of anilines is 1. The lowest BCUT2D eigenvalue weighted by Gasteiger charge is -2.07. The summed E-state index contributed by atoms with van der Waals surface area (Å²) in [7, 11) is 0. The van der Waals surface area contributed by atoms with Crippen molar-refractivity contribution < 1.29 is 0 Å². The molecule has 3 aromatic rings. The van der Waals surface area contributed by atoms with E-state index in [1.165, 1.54) is 11.1 Å². The largest absolute Gasteiger partial charge is 0.369 e. The van der Waals surface area contributed by atoms with Crippen LogP contribution >= 0.6 is 11.6 Å². The first-order valence-electron chi connectivity index (χ1n) is 6.10. The van der Waals surface area contributed by atoms with Gasteiger partial charge >= 0.3 is 0 Å². The van der Waals surface area contributed by atoms with Crippen LogP contribution in [0.2, 0.25) is 5.02 Å². The summed E-state index contributed by atoms with van der Waals surface area (Å²) in [4.78, 5) is 4.35. The number of aryl methyl sites for hydroxylation is 1. The smallest absolute Gasteiger partial charge is 0.201 e. The van der Waals surface area contributed by atoms with Crippen LogP contribution in [0.5, 0.6) is 0 Å². The first-order chi connectivity index (χ1) is 9.13. The molecule has 0 unspecified atom stereocenters. The van der Waals surface area contributed by atoms with E-state index in [0.29, 0.717) is 17.5 Å². The van der Waals surface area contributed by atoms with E-state index in [-0.39, 0.29) is 0 Å². The van der Waals surface area contributed by atoms with Crippen molar-refractivity contribution in [3.05, 3.63) is 58.6 Å². The van der Waals surface area contributed by atoms with Crippen LogP contribution in [0.4, 0.5) is 5.95 Å². The Kier molecular flexibility index (Phi) is 2.91. The maximum Gasteiger partial charge on any atom is 0.201 e. The lowest BCUT2D eigenvalue weighted by Crippen LogP contribution is -2.04. The van der Waals surface area contributed by atoms with Crippen LogP contribution in [0.3, 0.4) is 0 Å². The third kappa shape index (κ3) is 2.29. The lowest BCUT2D eigenvalue weighted by molar-refractivity contribution is 0.837. The number of nitrogen functional groups attached to an aromatic ring is 1. The molecule has 19 heavy (non-hydrogen) atoms. The molecule has 1 heterocycles. The van der Waals surface area contributed by atoms with Gasteiger partial charge in [-0.25, -0.2) is 4.98 Å². The molecule has 0 atom stereocenters. The van der Waals surface area contributed by atoms with E-state index in [1.807, 2.05) is 28.8 Å². The zero-order valence-electron chi connectivity index (χ0n) is 10.6. The SMILES string of the molecule is Cc1cccc(Cn2c(N)nc3ccc(Cl)cc32)c1. The molecule has 0 amide bonds. The molecule has 0 radical (unpaired) electrons. The van der Waals surface area contributed by atoms with Gasteiger partial charge in [0.1, 0.15) is 0 Å². The minimum Gasteiger partial charge on any atom is -0.369 e. The summed E-state index contributed by atoms with van der Waals surface area (Å²) in [6, 6.07) is 14.0. The van der Waals surface area contributed by atoms with Crippen LogP contribution in [-0.2, 0) is 6.54 Å². The van der Waals surface area contributed by atoms with Gasteiger partial charge in [-0.2, -0.15) is 0 Å². The van der Waals surface area contributed by atoms with Crippen molar-refractivity contribution in [2.45, 2.75) is 13.5 Å². The van der Waals surface area contributed by atoms with Gasteiger partial charge in [-0.1, -0.05) is 41.4 Å². The van der Waals surface area contributed by atoms with Crippen molar-refractivity contribution in [2.24, 2.45) is 0 Å². The maximum atomic E-state index is 6.05. The molecule has 0 aliphatic carbocycles. The second kappa shape index (κ2) is 4.59. The Morgan fingerprint density at radius 2 is 2.05 bits per heavy atom. The van der Waals surface area contributed by atoms with Crippen LogP contribution in [0.25, 0.3) is 11.0 Å². The Balaban J connectivity index is 2.09. The number of nitrogens with two attached hydrogens (primary N) is 1. The zero-order chi connectivity index (χ0) is 13.4. The van der Waals surface area contributed by atoms with Gasteiger partial charge < -0.3 is 10.3 Å². The van der Waals surface area contributed by atoms with E-state index in [2.05, 4.69) is 30.1 Å². The summed E-state index contributed by atoms with van der Waals surface area (Å²) in [5.41, 5.74) is 10.3. The predicted molar refractivity (Wildman–Crippen MR) is 79.4 cm³/mol. The van der Waals surface area contributed by atoms with Crippen LogP contribution in [-0.4, -0.2) is 9.55 Å². The van der Waals surface area contributed by atoms with Crippen molar-refractivity contribution in [1.82, 2.24) is 9.55 Å². The molecule has 0 saturated carbocycles. The molecule has 1 aromatic heterocycles. The van der Waals surface area contributed by atoms with E-state index in [9.17, 15) is 0 Å². The van der Waals surface area contributed by atoms with Crippen molar-refractivity contribution in [3.63, 3.8) is 0 Å². The van der Waals surface area contributed by atoms with E-state index in [0.717, 1.165) is 11.0 Å². The van der Waals surface area contributed by atoms with E-state index in [4.69, 9.17) is 17.3 Å². The topological polar surface area (TPSA) is 43.8 Å². The summed E-state index contributed by atoms with van der Waals surface area (Å²) >= 11 is 6.05. The number of hydrogen-bond donors (Lipinski definition) is 1. The first kappa shape index (κ1) is 12.1. The molecule has 4 heteroatoms. The molecule has 0 bridgehead atoms. The fourth-order valence-electron chi connectivity index (χ4n) is 2.27. The Bertz CT molecular complexity index is 746. The number of imidazole rings is 1. The number of halogens is 1. The normalized spacial score (nSPS) is 11.1. The van der Waals surface area contributed by atoms with Gasteiger partial charge in [-0.3, -0.25) is 0 Å². The number of rotatable bonds is 2. The third-order valence-corrected chi connectivity index (χ3v) is 3.40. The van der Waals surface area contributed by atoms with Gasteiger partial charge in [0.25, 0.3) is 0 Å². The third-order valence-electron chi connectivity index (χ3n) is 3.16. The molecule has 0 spiro atoms. The minimum atomic E-state index is 0.513. The Hall–Kier alpha value is -2.00. The molecule has 96 valence electrons. The number of hydrogen-bond acceptors (Lipinski definition) is 2. The van der Waals surface area contributed by atoms with Gasteiger partial charge in [0.15, 0.2) is 0 Å². The number of aromatic nitrogens is 2. The molecule has 2 aromatic carbocycles. The molecule has 0 fully saturated rings. The Morgan fingerprint density at radius 1 is 1.21 bits per heavy atom. The fraction of sp³-hybridized carbons (Fsp3) is 0.133. The standard InChI is InChI=1S/C15H14ClN3/c1-10-3-2-4-11(7-10)9-19-14-8-12(16)5-6-13(14)18-15(19)17/h2-8H,9H2,1H3,(H2,17,18). The highest BCUT2D eigenvalue weighted by atomic mass is 35.5. The van der Waals surface area contributed by atoms with Crippen molar-refractivity contribution in [1.29, 1.82) is 0 Å². The molecular weight excluding hydrogens is 258 g/mol.